The number of ketones is 1. The summed E-state index contributed by atoms with van der Waals surface area (Å²) >= 11 is 1.21. The highest BCUT2D eigenvalue weighted by Gasteiger charge is 2.68. The van der Waals surface area contributed by atoms with E-state index in [1.165, 1.54) is 18.7 Å². The lowest BCUT2D eigenvalue weighted by atomic mass is 9.46. The first-order valence-electron chi connectivity index (χ1n) is 13.6. The summed E-state index contributed by atoms with van der Waals surface area (Å²) < 4.78 is 57.5. The van der Waals surface area contributed by atoms with E-state index in [1.807, 2.05) is 0 Å². The van der Waals surface area contributed by atoms with Gasteiger partial charge in [-0.15, -0.1) is 0 Å². The van der Waals surface area contributed by atoms with Crippen LogP contribution in [0.3, 0.4) is 0 Å². The van der Waals surface area contributed by atoms with Crippen molar-refractivity contribution >= 4 is 28.6 Å². The van der Waals surface area contributed by atoms with Gasteiger partial charge in [0.2, 0.25) is 0 Å². The Bertz CT molecular complexity index is 1060. The van der Waals surface area contributed by atoms with E-state index < -0.39 is 42.0 Å². The molecule has 5 aliphatic rings. The van der Waals surface area contributed by atoms with Crippen LogP contribution in [0.15, 0.2) is 11.6 Å². The minimum atomic E-state index is -2.97. The molecule has 3 saturated carbocycles. The first-order chi connectivity index (χ1) is 16.0. The van der Waals surface area contributed by atoms with Crippen molar-refractivity contribution in [3.8, 4) is 0 Å². The normalized spacial score (nSPS) is 56.9. The number of hydrogen-bond donors (Lipinski definition) is 0. The van der Waals surface area contributed by atoms with Crippen LogP contribution in [-0.2, 0) is 19.1 Å². The monoisotopic (exact) mass is 422 g/mol. The molecule has 1 aliphatic heterocycles. The Balaban J connectivity index is 1.67. The molecule has 0 N–H and O–H groups in total. The number of ether oxygens (including phenoxy) is 1. The average Bonchev–Trinajstić information content (AvgIpc) is 3.01. The van der Waals surface area contributed by atoms with Gasteiger partial charge in [-0.05, 0) is 74.1 Å². The minimum Gasteiger partial charge on any atom is -0.458 e. The second kappa shape index (κ2) is 6.45. The molecule has 5 rings (SSSR count). The Morgan fingerprint density at radius 3 is 2.69 bits per heavy atom. The van der Waals surface area contributed by atoms with Crippen molar-refractivity contribution in [2.45, 2.75) is 89.3 Å². The smallest absolute Gasteiger partial charge is 0.306 e. The molecule has 4 nitrogen and oxygen atoms in total. The van der Waals surface area contributed by atoms with Crippen LogP contribution in [0.5, 0.6) is 0 Å². The fraction of sp³-hybridized carbons (Fsp3) is 0.792. The zero-order valence-corrected chi connectivity index (χ0v) is 18.0. The van der Waals surface area contributed by atoms with E-state index in [1.54, 1.807) is 13.0 Å². The first-order valence-corrected chi connectivity index (χ1v) is 11.5. The summed E-state index contributed by atoms with van der Waals surface area (Å²) in [6, 6.07) is 0. The number of fused-ring (bicyclic) bond motifs is 6. The molecule has 5 heteroatoms. The van der Waals surface area contributed by atoms with E-state index in [9.17, 15) is 14.4 Å². The Morgan fingerprint density at radius 1 is 1.21 bits per heavy atom. The van der Waals surface area contributed by atoms with Gasteiger partial charge in [-0.1, -0.05) is 31.2 Å². The quantitative estimate of drug-likeness (QED) is 0.565. The molecule has 0 amide bonds. The van der Waals surface area contributed by atoms with Crippen LogP contribution in [0.25, 0.3) is 0 Å². The van der Waals surface area contributed by atoms with E-state index in [0.29, 0.717) is 32.1 Å². The second-order valence-electron chi connectivity index (χ2n) is 9.85. The van der Waals surface area contributed by atoms with Crippen LogP contribution in [0.2, 0.25) is 0 Å². The Labute approximate surface area is 186 Å². The maximum Gasteiger partial charge on any atom is 0.306 e. The van der Waals surface area contributed by atoms with Crippen LogP contribution >= 0.6 is 11.8 Å². The summed E-state index contributed by atoms with van der Waals surface area (Å²) in [5.74, 6) is -1.77. The molecule has 0 radical (unpaired) electrons. The zero-order chi connectivity index (χ0) is 26.0. The van der Waals surface area contributed by atoms with Gasteiger partial charge in [-0.3, -0.25) is 14.4 Å². The van der Waals surface area contributed by atoms with E-state index in [4.69, 9.17) is 13.0 Å². The summed E-state index contributed by atoms with van der Waals surface area (Å²) in [5, 5.41) is -0.278. The molecule has 158 valence electrons. The molecule has 4 aliphatic carbocycles. The van der Waals surface area contributed by atoms with Crippen LogP contribution in [0.1, 0.15) is 86.6 Å². The summed E-state index contributed by atoms with van der Waals surface area (Å²) in [5.41, 5.74) is -2.64. The van der Waals surface area contributed by atoms with E-state index in [-0.39, 0.29) is 39.8 Å². The number of carbonyl (C=O) groups is 3. The third-order valence-electron chi connectivity index (χ3n) is 8.63. The summed E-state index contributed by atoms with van der Waals surface area (Å²) in [7, 11) is 0. The van der Waals surface area contributed by atoms with Gasteiger partial charge in [0, 0.05) is 38.6 Å². The number of thioether (sulfide) groups is 1. The Kier molecular flexibility index (Phi) is 3.13. The molecular formula is C24H32O4S. The van der Waals surface area contributed by atoms with Crippen LogP contribution in [0, 0.1) is 28.6 Å². The molecule has 0 aromatic heterocycles. The predicted molar refractivity (Wildman–Crippen MR) is 112 cm³/mol. The number of esters is 1. The van der Waals surface area contributed by atoms with Crippen LogP contribution in [0.4, 0.5) is 0 Å². The lowest BCUT2D eigenvalue weighted by Gasteiger charge is -2.61. The third-order valence-corrected chi connectivity index (χ3v) is 9.75. The van der Waals surface area contributed by atoms with E-state index >= 15 is 0 Å². The van der Waals surface area contributed by atoms with Gasteiger partial charge in [0.25, 0.3) is 0 Å². The number of carbonyl (C=O) groups excluding carboxylic acids is 3. The molecule has 7 atom stereocenters. The van der Waals surface area contributed by atoms with Gasteiger partial charge in [0.15, 0.2) is 10.9 Å². The van der Waals surface area contributed by atoms with Gasteiger partial charge in [-0.25, -0.2) is 0 Å². The number of hydrogen-bond acceptors (Lipinski definition) is 5. The van der Waals surface area contributed by atoms with Gasteiger partial charge in [-0.2, -0.15) is 0 Å². The Hall–Kier alpha value is -1.10. The number of rotatable bonds is 1. The molecule has 4 fully saturated rings. The molecule has 1 spiro atoms. The van der Waals surface area contributed by atoms with Gasteiger partial charge in [0.05, 0.1) is 0 Å². The number of allylic oxidation sites excluding steroid dienone is 1. The summed E-state index contributed by atoms with van der Waals surface area (Å²) in [6.07, 6.45) is -3.84. The maximum atomic E-state index is 12.6. The highest BCUT2D eigenvalue weighted by atomic mass is 32.2. The van der Waals surface area contributed by atoms with Crippen molar-refractivity contribution in [2.24, 2.45) is 28.6 Å². The highest BCUT2D eigenvalue weighted by Crippen LogP contribution is 2.70. The molecular weight excluding hydrogens is 384 g/mol. The maximum absolute atomic E-state index is 12.6. The van der Waals surface area contributed by atoms with Crippen molar-refractivity contribution < 1.29 is 27.3 Å². The van der Waals surface area contributed by atoms with Gasteiger partial charge < -0.3 is 4.74 Å². The van der Waals surface area contributed by atoms with Crippen molar-refractivity contribution in [3.05, 3.63) is 11.6 Å². The second-order valence-corrected chi connectivity index (χ2v) is 11.3. The van der Waals surface area contributed by atoms with Gasteiger partial charge >= 0.3 is 5.97 Å². The highest BCUT2D eigenvalue weighted by molar-refractivity contribution is 8.14. The largest absolute Gasteiger partial charge is 0.458 e. The topological polar surface area (TPSA) is 60.4 Å². The van der Waals surface area contributed by atoms with Gasteiger partial charge in [0.1, 0.15) is 5.60 Å². The van der Waals surface area contributed by atoms with Crippen molar-refractivity contribution in [1.29, 1.82) is 0 Å². The minimum absolute atomic E-state index is 0.0659. The molecule has 0 aromatic rings. The van der Waals surface area contributed by atoms with Crippen LogP contribution in [-0.4, -0.2) is 27.7 Å². The first kappa shape index (κ1) is 14.1. The van der Waals surface area contributed by atoms with Crippen LogP contribution < -0.4 is 0 Å². The lowest BCUT2D eigenvalue weighted by Crippen LogP contribution is -2.57. The molecule has 29 heavy (non-hydrogen) atoms. The average molecular weight is 423 g/mol. The van der Waals surface area contributed by atoms with Crippen molar-refractivity contribution in [1.82, 2.24) is 0 Å². The van der Waals surface area contributed by atoms with E-state index in [0.717, 1.165) is 5.57 Å². The molecule has 0 bridgehead atoms. The SMILES string of the molecule is [2H]C1([2H])C(=O)O[C@]2(C([2H])([2H])CC3C4C(SC(C)=O)CC5=CC(=O)CC[C@]5(C)C4CC[C@@]32C)C1([2H])[2H]. The lowest BCUT2D eigenvalue weighted by molar-refractivity contribution is -0.167. The third kappa shape index (κ3) is 2.68. The van der Waals surface area contributed by atoms with Crippen molar-refractivity contribution in [2.75, 3.05) is 0 Å². The molecule has 1 saturated heterocycles. The molecule has 4 unspecified atom stereocenters. The fourth-order valence-electron chi connectivity index (χ4n) is 7.10. The fourth-order valence-corrected chi connectivity index (χ4v) is 8.33. The summed E-state index contributed by atoms with van der Waals surface area (Å²) in [6.45, 7) is 5.42. The standard InChI is InChI=1S/C24H32O4S/c1-14(25)29-19-13-15-12-16(26)4-8-22(15,2)17-5-9-23(3)18(21(17)19)6-10-24(23)11-7-20(27)28-24/h12,17-19,21H,4-11,13H2,1-3H3/t17?,18?,19?,21?,22-,23-,24+/m0/s1/i7D2,10D2,11D2. The molecule has 0 aromatic carbocycles. The zero-order valence-electron chi connectivity index (χ0n) is 23.2. The van der Waals surface area contributed by atoms with E-state index in [2.05, 4.69) is 6.92 Å². The summed E-state index contributed by atoms with van der Waals surface area (Å²) in [4.78, 5) is 37.2. The van der Waals surface area contributed by atoms with Crippen molar-refractivity contribution in [3.63, 3.8) is 0 Å². The molecule has 1 heterocycles. The Morgan fingerprint density at radius 2 is 2.00 bits per heavy atom. The predicted octanol–water partition coefficient (Wildman–Crippen LogP) is 4.85.